The Hall–Kier alpha value is -1.89. The maximum absolute atomic E-state index is 13.1. The van der Waals surface area contributed by atoms with Gasteiger partial charge in [0.15, 0.2) is 0 Å². The van der Waals surface area contributed by atoms with Crippen LogP contribution in [0, 0.1) is 29.1 Å². The van der Waals surface area contributed by atoms with Crippen molar-refractivity contribution in [2.45, 2.75) is 50.5 Å². The first-order chi connectivity index (χ1) is 11.2. The second-order valence-corrected chi connectivity index (χ2v) is 7.75. The fourth-order valence-corrected chi connectivity index (χ4v) is 5.76. The highest BCUT2D eigenvalue weighted by atomic mass is 16.2. The summed E-state index contributed by atoms with van der Waals surface area (Å²) < 4.78 is 0. The molecule has 1 aromatic rings. The first-order valence-electron chi connectivity index (χ1n) is 8.79. The minimum Gasteiger partial charge on any atom is -0.332 e. The summed E-state index contributed by atoms with van der Waals surface area (Å²) in [5.41, 5.74) is 0.652. The summed E-state index contributed by atoms with van der Waals surface area (Å²) in [5.74, 6) is 2.42. The van der Waals surface area contributed by atoms with Crippen molar-refractivity contribution in [3.05, 3.63) is 30.1 Å². The van der Waals surface area contributed by atoms with Gasteiger partial charge in [-0.3, -0.25) is 9.78 Å². The van der Waals surface area contributed by atoms with Crippen molar-refractivity contribution in [1.29, 1.82) is 5.26 Å². The fourth-order valence-electron chi connectivity index (χ4n) is 5.76. The van der Waals surface area contributed by atoms with Gasteiger partial charge in [0, 0.05) is 24.5 Å². The van der Waals surface area contributed by atoms with E-state index in [4.69, 9.17) is 5.26 Å². The Morgan fingerprint density at radius 2 is 1.91 bits per heavy atom. The van der Waals surface area contributed by atoms with Gasteiger partial charge in [-0.05, 0) is 68.4 Å². The maximum Gasteiger partial charge on any atom is 0.255 e. The normalized spacial score (nSPS) is 34.1. The van der Waals surface area contributed by atoms with E-state index in [1.165, 1.54) is 19.3 Å². The summed E-state index contributed by atoms with van der Waals surface area (Å²) in [6, 6.07) is 5.88. The molecule has 0 N–H and O–H groups in total. The number of hydrogen-bond acceptors (Lipinski definition) is 3. The van der Waals surface area contributed by atoms with Crippen molar-refractivity contribution in [3.63, 3.8) is 0 Å². The molecule has 0 atom stereocenters. The van der Waals surface area contributed by atoms with Crippen LogP contribution in [-0.4, -0.2) is 27.9 Å². The van der Waals surface area contributed by atoms with Gasteiger partial charge in [0.05, 0.1) is 18.1 Å². The molecule has 4 fully saturated rings. The van der Waals surface area contributed by atoms with Crippen molar-refractivity contribution in [1.82, 2.24) is 9.88 Å². The molecular formula is C19H23N3O. The largest absolute Gasteiger partial charge is 0.332 e. The number of nitriles is 1. The van der Waals surface area contributed by atoms with Crippen molar-refractivity contribution in [2.24, 2.45) is 17.8 Å². The Bertz CT molecular complexity index is 598. The molecule has 4 bridgehead atoms. The molecule has 4 heteroatoms. The van der Waals surface area contributed by atoms with Gasteiger partial charge in [0.2, 0.25) is 0 Å². The molecule has 1 amide bonds. The van der Waals surface area contributed by atoms with Crippen molar-refractivity contribution in [2.75, 3.05) is 6.54 Å². The summed E-state index contributed by atoms with van der Waals surface area (Å²) >= 11 is 0. The molecular weight excluding hydrogens is 286 g/mol. The second kappa shape index (κ2) is 5.63. The third-order valence-electron chi connectivity index (χ3n) is 6.18. The standard InChI is InChI=1S/C19H23N3O/c20-4-2-6-22(18(23)17-3-1-5-21-13-17)19-10-14-7-15(11-19)9-16(8-14)12-19/h1,3,5,13-16H,2,6-12H2. The first kappa shape index (κ1) is 14.7. The molecule has 0 unspecified atom stereocenters. The molecule has 4 aliphatic rings. The zero-order valence-corrected chi connectivity index (χ0v) is 13.4. The summed E-state index contributed by atoms with van der Waals surface area (Å²) in [6.07, 6.45) is 11.2. The van der Waals surface area contributed by atoms with E-state index < -0.39 is 0 Å². The number of rotatable bonds is 4. The van der Waals surface area contributed by atoms with Crippen LogP contribution in [0.3, 0.4) is 0 Å². The summed E-state index contributed by atoms with van der Waals surface area (Å²) in [5, 5.41) is 9.05. The average Bonchev–Trinajstić information content (AvgIpc) is 2.54. The zero-order chi connectivity index (χ0) is 15.9. The molecule has 23 heavy (non-hydrogen) atoms. The van der Waals surface area contributed by atoms with Crippen molar-refractivity contribution in [3.8, 4) is 6.07 Å². The molecule has 0 aromatic carbocycles. The third kappa shape index (κ3) is 2.52. The third-order valence-corrected chi connectivity index (χ3v) is 6.18. The Kier molecular flexibility index (Phi) is 3.60. The SMILES string of the molecule is N#CCCN(C(=O)c1cccnc1)C12CC3CC(CC(C3)C1)C2. The zero-order valence-electron chi connectivity index (χ0n) is 13.4. The van der Waals surface area contributed by atoms with Crippen molar-refractivity contribution >= 4 is 5.91 Å². The van der Waals surface area contributed by atoms with Crippen LogP contribution in [0.4, 0.5) is 0 Å². The highest BCUT2D eigenvalue weighted by Crippen LogP contribution is 2.58. The van der Waals surface area contributed by atoms with Gasteiger partial charge in [-0.25, -0.2) is 0 Å². The van der Waals surface area contributed by atoms with E-state index in [0.717, 1.165) is 37.0 Å². The Morgan fingerprint density at radius 3 is 2.43 bits per heavy atom. The monoisotopic (exact) mass is 309 g/mol. The number of carbonyl (C=O) groups excluding carboxylic acids is 1. The van der Waals surface area contributed by atoms with E-state index in [9.17, 15) is 4.79 Å². The van der Waals surface area contributed by atoms with E-state index in [-0.39, 0.29) is 11.4 Å². The molecule has 1 aromatic heterocycles. The number of pyridine rings is 1. The molecule has 4 aliphatic carbocycles. The van der Waals surface area contributed by atoms with Gasteiger partial charge in [0.1, 0.15) is 0 Å². The Morgan fingerprint density at radius 1 is 1.26 bits per heavy atom. The van der Waals surface area contributed by atoms with Crippen LogP contribution in [-0.2, 0) is 0 Å². The smallest absolute Gasteiger partial charge is 0.255 e. The van der Waals surface area contributed by atoms with Crippen LogP contribution in [0.1, 0.15) is 55.3 Å². The topological polar surface area (TPSA) is 57.0 Å². The van der Waals surface area contributed by atoms with Gasteiger partial charge in [0.25, 0.3) is 5.91 Å². The highest BCUT2D eigenvalue weighted by Gasteiger charge is 2.54. The molecule has 0 saturated heterocycles. The molecule has 4 saturated carbocycles. The van der Waals surface area contributed by atoms with Crippen LogP contribution in [0.2, 0.25) is 0 Å². The lowest BCUT2D eigenvalue weighted by Gasteiger charge is -2.60. The summed E-state index contributed by atoms with van der Waals surface area (Å²) in [4.78, 5) is 19.3. The summed E-state index contributed by atoms with van der Waals surface area (Å²) in [7, 11) is 0. The van der Waals surface area contributed by atoms with E-state index in [2.05, 4.69) is 16.0 Å². The number of amides is 1. The fraction of sp³-hybridized carbons (Fsp3) is 0.632. The first-order valence-corrected chi connectivity index (χ1v) is 8.79. The lowest BCUT2D eigenvalue weighted by atomic mass is 9.52. The lowest BCUT2D eigenvalue weighted by Crippen LogP contribution is -2.61. The Balaban J connectivity index is 1.66. The van der Waals surface area contributed by atoms with Crippen LogP contribution in [0.25, 0.3) is 0 Å². The predicted octanol–water partition coefficient (Wildman–Crippen LogP) is 3.41. The minimum atomic E-state index is -0.00146. The van der Waals surface area contributed by atoms with E-state index in [1.807, 2.05) is 12.1 Å². The number of carbonyl (C=O) groups is 1. The van der Waals surface area contributed by atoms with Crippen LogP contribution in [0.15, 0.2) is 24.5 Å². The van der Waals surface area contributed by atoms with E-state index in [0.29, 0.717) is 18.5 Å². The van der Waals surface area contributed by atoms with E-state index in [1.54, 1.807) is 12.4 Å². The minimum absolute atomic E-state index is 0.00146. The molecule has 5 rings (SSSR count). The number of aromatic nitrogens is 1. The van der Waals surface area contributed by atoms with Gasteiger partial charge < -0.3 is 4.90 Å². The molecule has 0 aliphatic heterocycles. The highest BCUT2D eigenvalue weighted by molar-refractivity contribution is 5.94. The average molecular weight is 309 g/mol. The second-order valence-electron chi connectivity index (χ2n) is 7.75. The quantitative estimate of drug-likeness (QED) is 0.856. The van der Waals surface area contributed by atoms with E-state index >= 15 is 0 Å². The number of nitrogens with zero attached hydrogens (tertiary/aromatic N) is 3. The maximum atomic E-state index is 13.1. The van der Waals surface area contributed by atoms with Gasteiger partial charge >= 0.3 is 0 Å². The molecule has 4 nitrogen and oxygen atoms in total. The predicted molar refractivity (Wildman–Crippen MR) is 86.4 cm³/mol. The van der Waals surface area contributed by atoms with Crippen LogP contribution >= 0.6 is 0 Å². The Labute approximate surface area is 137 Å². The van der Waals surface area contributed by atoms with Gasteiger partial charge in [-0.1, -0.05) is 0 Å². The van der Waals surface area contributed by atoms with Crippen LogP contribution in [0.5, 0.6) is 0 Å². The van der Waals surface area contributed by atoms with Gasteiger partial charge in [-0.2, -0.15) is 5.26 Å². The lowest BCUT2D eigenvalue weighted by molar-refractivity contribution is -0.0740. The van der Waals surface area contributed by atoms with Crippen LogP contribution < -0.4 is 0 Å². The summed E-state index contributed by atoms with van der Waals surface area (Å²) in [6.45, 7) is 0.552. The molecule has 1 heterocycles. The molecule has 0 radical (unpaired) electrons. The molecule has 120 valence electrons. The molecule has 0 spiro atoms. The van der Waals surface area contributed by atoms with Gasteiger partial charge in [-0.15, -0.1) is 0 Å². The van der Waals surface area contributed by atoms with Crippen molar-refractivity contribution < 1.29 is 4.79 Å². The number of hydrogen-bond donors (Lipinski definition) is 0.